The predicted molar refractivity (Wildman–Crippen MR) is 89.8 cm³/mol. The van der Waals surface area contributed by atoms with E-state index < -0.39 is 7.15 Å². The van der Waals surface area contributed by atoms with E-state index in [0.29, 0.717) is 0 Å². The second kappa shape index (κ2) is 13.1. The zero-order chi connectivity index (χ0) is 15.3. The number of unbranched alkanes of at least 4 members (excludes halogenated alkanes) is 4. The Morgan fingerprint density at radius 1 is 0.950 bits per heavy atom. The second-order valence-corrected chi connectivity index (χ2v) is 7.82. The van der Waals surface area contributed by atoms with Crippen LogP contribution in [0.5, 0.6) is 0 Å². The van der Waals surface area contributed by atoms with Gasteiger partial charge in [-0.1, -0.05) is 53.4 Å². The third-order valence-electron chi connectivity index (χ3n) is 2.91. The number of hydrogen-bond donors (Lipinski definition) is 0. The van der Waals surface area contributed by atoms with Crippen LogP contribution in [0.4, 0.5) is 0 Å². The highest BCUT2D eigenvalue weighted by molar-refractivity contribution is 8.00. The molecule has 120 valence electrons. The zero-order valence-corrected chi connectivity index (χ0v) is 15.4. The Bertz CT molecular complexity index is 227. The minimum absolute atomic E-state index is 0.164. The molecule has 20 heavy (non-hydrogen) atoms. The Labute approximate surface area is 131 Å². The fourth-order valence-electron chi connectivity index (χ4n) is 1.54. The van der Waals surface area contributed by atoms with Crippen LogP contribution >= 0.6 is 7.15 Å². The Morgan fingerprint density at radius 2 is 1.40 bits per heavy atom. The van der Waals surface area contributed by atoms with Gasteiger partial charge in [0.25, 0.3) is 0 Å². The van der Waals surface area contributed by atoms with Gasteiger partial charge in [0, 0.05) is 18.6 Å². The molecule has 1 heterocycles. The normalized spacial score (nSPS) is 17.5. The van der Waals surface area contributed by atoms with Gasteiger partial charge in [-0.25, -0.2) is 0 Å². The minimum atomic E-state index is -0.967. The SMILES string of the molecule is CC1(C)CO[P+](=S)OC1.CCCCCOCCCCC. The highest BCUT2D eigenvalue weighted by Crippen LogP contribution is 2.36. The van der Waals surface area contributed by atoms with Crippen LogP contribution in [0.2, 0.25) is 0 Å². The van der Waals surface area contributed by atoms with Crippen molar-refractivity contribution in [2.45, 2.75) is 66.2 Å². The Balaban J connectivity index is 0.000000367. The summed E-state index contributed by atoms with van der Waals surface area (Å²) in [4.78, 5) is 0. The fourth-order valence-corrected chi connectivity index (χ4v) is 2.84. The monoisotopic (exact) mass is 323 g/mol. The zero-order valence-electron chi connectivity index (χ0n) is 13.7. The molecule has 1 rings (SSSR count). The van der Waals surface area contributed by atoms with E-state index in [9.17, 15) is 0 Å². The number of ether oxygens (including phenoxy) is 1. The molecule has 0 aliphatic carbocycles. The van der Waals surface area contributed by atoms with Crippen molar-refractivity contribution in [2.75, 3.05) is 26.4 Å². The van der Waals surface area contributed by atoms with Gasteiger partial charge < -0.3 is 4.74 Å². The number of rotatable bonds is 8. The summed E-state index contributed by atoms with van der Waals surface area (Å²) in [7, 11) is -0.967. The molecule has 1 saturated heterocycles. The lowest BCUT2D eigenvalue weighted by Gasteiger charge is -2.21. The lowest BCUT2D eigenvalue weighted by Crippen LogP contribution is -2.26. The molecule has 0 saturated carbocycles. The van der Waals surface area contributed by atoms with Gasteiger partial charge in [-0.15, -0.1) is 9.05 Å². The lowest BCUT2D eigenvalue weighted by molar-refractivity contribution is 0.0701. The van der Waals surface area contributed by atoms with Crippen molar-refractivity contribution in [3.8, 4) is 0 Å². The van der Waals surface area contributed by atoms with Crippen molar-refractivity contribution in [1.29, 1.82) is 0 Å². The Morgan fingerprint density at radius 3 is 1.75 bits per heavy atom. The summed E-state index contributed by atoms with van der Waals surface area (Å²) in [6.45, 7) is 12.1. The molecule has 0 spiro atoms. The molecule has 0 aromatic heterocycles. The van der Waals surface area contributed by atoms with E-state index in [-0.39, 0.29) is 5.41 Å². The van der Waals surface area contributed by atoms with E-state index in [0.717, 1.165) is 26.4 Å². The van der Waals surface area contributed by atoms with E-state index >= 15 is 0 Å². The molecule has 0 amide bonds. The first kappa shape index (κ1) is 20.4. The summed E-state index contributed by atoms with van der Waals surface area (Å²) >= 11 is 4.81. The van der Waals surface area contributed by atoms with Crippen LogP contribution in [0.25, 0.3) is 0 Å². The molecule has 0 unspecified atom stereocenters. The van der Waals surface area contributed by atoms with Crippen LogP contribution < -0.4 is 0 Å². The minimum Gasteiger partial charge on any atom is -0.381 e. The summed E-state index contributed by atoms with van der Waals surface area (Å²) in [6, 6.07) is 0. The standard InChI is InChI=1S/C10H22O.C5H10O2PS/c1-3-5-7-9-11-10-8-6-4-2;1-5(2)3-6-8(9)7-4-5/h3-10H2,1-2H3;3-4H2,1-2H3/q;+1. The Kier molecular flexibility index (Phi) is 13.4. The van der Waals surface area contributed by atoms with Crippen LogP contribution in [0, 0.1) is 5.41 Å². The van der Waals surface area contributed by atoms with Crippen LogP contribution in [-0.2, 0) is 25.6 Å². The molecule has 1 aliphatic heterocycles. The predicted octanol–water partition coefficient (Wildman–Crippen LogP) is 5.22. The van der Waals surface area contributed by atoms with Gasteiger partial charge in [0.05, 0.1) is 0 Å². The maximum absolute atomic E-state index is 5.44. The maximum atomic E-state index is 5.44. The van der Waals surface area contributed by atoms with Crippen LogP contribution in [0.3, 0.4) is 0 Å². The summed E-state index contributed by atoms with van der Waals surface area (Å²) in [5.41, 5.74) is 0.164. The molecule has 0 aromatic rings. The van der Waals surface area contributed by atoms with Crippen molar-refractivity contribution >= 4 is 19.0 Å². The fraction of sp³-hybridized carbons (Fsp3) is 1.00. The van der Waals surface area contributed by atoms with E-state index in [4.69, 9.17) is 25.6 Å². The quantitative estimate of drug-likeness (QED) is 0.452. The van der Waals surface area contributed by atoms with E-state index in [2.05, 4.69) is 27.7 Å². The van der Waals surface area contributed by atoms with E-state index in [1.807, 2.05) is 0 Å². The van der Waals surface area contributed by atoms with Gasteiger partial charge in [-0.05, 0) is 12.8 Å². The molecule has 5 heteroatoms. The third kappa shape index (κ3) is 13.4. The molecule has 1 fully saturated rings. The van der Waals surface area contributed by atoms with Gasteiger partial charge in [0.1, 0.15) is 13.2 Å². The summed E-state index contributed by atoms with van der Waals surface area (Å²) < 4.78 is 15.7. The largest absolute Gasteiger partial charge is 0.521 e. The van der Waals surface area contributed by atoms with E-state index in [1.54, 1.807) is 0 Å². The molecular formula is C15H32O3PS+. The van der Waals surface area contributed by atoms with Crippen molar-refractivity contribution in [3.63, 3.8) is 0 Å². The van der Waals surface area contributed by atoms with Gasteiger partial charge in [0.2, 0.25) is 11.8 Å². The van der Waals surface area contributed by atoms with Gasteiger partial charge in [0.15, 0.2) is 0 Å². The first-order chi connectivity index (χ1) is 9.52. The summed E-state index contributed by atoms with van der Waals surface area (Å²) in [5, 5.41) is 0. The lowest BCUT2D eigenvalue weighted by atomic mass is 9.97. The van der Waals surface area contributed by atoms with Gasteiger partial charge in [-0.2, -0.15) is 0 Å². The molecule has 0 aromatic carbocycles. The van der Waals surface area contributed by atoms with Gasteiger partial charge >= 0.3 is 7.15 Å². The van der Waals surface area contributed by atoms with Crippen LogP contribution in [-0.4, -0.2) is 26.4 Å². The van der Waals surface area contributed by atoms with Crippen LogP contribution in [0.15, 0.2) is 0 Å². The molecule has 3 nitrogen and oxygen atoms in total. The molecule has 0 bridgehead atoms. The van der Waals surface area contributed by atoms with Crippen molar-refractivity contribution < 1.29 is 13.8 Å². The number of hydrogen-bond acceptors (Lipinski definition) is 4. The van der Waals surface area contributed by atoms with Crippen molar-refractivity contribution in [3.05, 3.63) is 0 Å². The third-order valence-corrected chi connectivity index (χ3v) is 4.22. The van der Waals surface area contributed by atoms with Gasteiger partial charge in [-0.3, -0.25) is 0 Å². The topological polar surface area (TPSA) is 27.7 Å². The summed E-state index contributed by atoms with van der Waals surface area (Å²) in [6.07, 6.45) is 7.68. The molecular weight excluding hydrogens is 291 g/mol. The summed E-state index contributed by atoms with van der Waals surface area (Å²) in [5.74, 6) is 0. The molecule has 1 aliphatic rings. The first-order valence-electron chi connectivity index (χ1n) is 7.82. The maximum Gasteiger partial charge on any atom is 0.521 e. The highest BCUT2D eigenvalue weighted by atomic mass is 32.4. The molecule has 0 radical (unpaired) electrons. The van der Waals surface area contributed by atoms with Crippen molar-refractivity contribution in [1.82, 2.24) is 0 Å². The smallest absolute Gasteiger partial charge is 0.381 e. The van der Waals surface area contributed by atoms with E-state index in [1.165, 1.54) is 38.5 Å². The average molecular weight is 323 g/mol. The molecule has 0 N–H and O–H groups in total. The molecule has 0 atom stereocenters. The van der Waals surface area contributed by atoms with Crippen LogP contribution in [0.1, 0.15) is 66.2 Å². The van der Waals surface area contributed by atoms with Crippen molar-refractivity contribution in [2.24, 2.45) is 5.41 Å². The average Bonchev–Trinajstić information content (AvgIpc) is 2.42. The second-order valence-electron chi connectivity index (χ2n) is 5.96. The first-order valence-corrected chi connectivity index (χ1v) is 10.0. The highest BCUT2D eigenvalue weighted by Gasteiger charge is 2.33. The Hall–Kier alpha value is 0.400.